The minimum absolute atomic E-state index is 0.0123. The molecule has 0 spiro atoms. The molecule has 0 aromatic heterocycles. The molecule has 0 bridgehead atoms. The molecule has 0 amide bonds. The highest BCUT2D eigenvalue weighted by Crippen LogP contribution is 2.68. The smallest absolute Gasteiger partial charge is 0.303 e. The summed E-state index contributed by atoms with van der Waals surface area (Å²) in [5.74, 6) is -1.44. The number of ether oxygens (including phenoxy) is 1. The molecule has 2 fully saturated rings. The summed E-state index contributed by atoms with van der Waals surface area (Å²) in [6.45, 7) is 6.47. The predicted octanol–water partition coefficient (Wildman–Crippen LogP) is 3.50. The lowest BCUT2D eigenvalue weighted by molar-refractivity contribution is -0.188. The first-order valence-corrected chi connectivity index (χ1v) is 10.9. The van der Waals surface area contributed by atoms with Crippen molar-refractivity contribution in [1.29, 1.82) is 0 Å². The highest BCUT2D eigenvalue weighted by molar-refractivity contribution is 5.93. The Bertz CT molecular complexity index is 875. The van der Waals surface area contributed by atoms with Crippen molar-refractivity contribution in [2.75, 3.05) is 6.61 Å². The second-order valence-corrected chi connectivity index (χ2v) is 10.1. The van der Waals surface area contributed by atoms with Crippen molar-refractivity contribution < 1.29 is 28.6 Å². The Balaban J connectivity index is 1.84. The zero-order valence-electron chi connectivity index (χ0n) is 18.2. The summed E-state index contributed by atoms with van der Waals surface area (Å²) < 4.78 is 21.1. The van der Waals surface area contributed by atoms with Crippen molar-refractivity contribution in [2.45, 2.75) is 71.6 Å². The number of hydrogen-bond acceptors (Lipinski definition) is 5. The number of ketones is 2. The number of halogens is 1. The first kappa shape index (κ1) is 21.4. The summed E-state index contributed by atoms with van der Waals surface area (Å²) >= 11 is 0. The molecule has 0 aliphatic heterocycles. The van der Waals surface area contributed by atoms with Gasteiger partial charge in [-0.25, -0.2) is 4.39 Å². The Morgan fingerprint density at radius 2 is 1.97 bits per heavy atom. The number of hydrogen-bond donors (Lipinski definition) is 1. The van der Waals surface area contributed by atoms with Crippen LogP contribution in [0.1, 0.15) is 59.8 Å². The van der Waals surface area contributed by atoms with Gasteiger partial charge in [0.1, 0.15) is 12.8 Å². The summed E-state index contributed by atoms with van der Waals surface area (Å²) in [6, 6.07) is 0. The lowest BCUT2D eigenvalue weighted by Crippen LogP contribution is -2.60. The van der Waals surface area contributed by atoms with Gasteiger partial charge in [0.2, 0.25) is 5.78 Å². The number of alkyl halides is 1. The van der Waals surface area contributed by atoms with Gasteiger partial charge < -0.3 is 9.84 Å². The van der Waals surface area contributed by atoms with Crippen LogP contribution in [0.3, 0.4) is 0 Å². The summed E-state index contributed by atoms with van der Waals surface area (Å²) in [4.78, 5) is 37.0. The van der Waals surface area contributed by atoms with Crippen molar-refractivity contribution >= 4 is 17.5 Å². The quantitative estimate of drug-likeness (QED) is 0.561. The van der Waals surface area contributed by atoms with Gasteiger partial charge in [-0.05, 0) is 49.2 Å². The van der Waals surface area contributed by atoms with E-state index in [1.807, 2.05) is 20.8 Å². The van der Waals surface area contributed by atoms with Crippen molar-refractivity contribution in [2.24, 2.45) is 28.6 Å². The highest BCUT2D eigenvalue weighted by Gasteiger charge is 2.70. The Morgan fingerprint density at radius 3 is 2.60 bits per heavy atom. The van der Waals surface area contributed by atoms with Gasteiger partial charge in [-0.3, -0.25) is 14.4 Å². The van der Waals surface area contributed by atoms with Crippen molar-refractivity contribution in [3.05, 3.63) is 23.3 Å². The van der Waals surface area contributed by atoms with Gasteiger partial charge in [-0.15, -0.1) is 0 Å². The molecule has 4 unspecified atom stereocenters. The third kappa shape index (κ3) is 2.58. The number of aliphatic hydroxyl groups excluding tert-OH is 1. The number of allylic oxidation sites excluding steroid dienone is 4. The molecule has 30 heavy (non-hydrogen) atoms. The largest absolute Gasteiger partial charge is 0.450 e. The van der Waals surface area contributed by atoms with Gasteiger partial charge in [0.15, 0.2) is 11.4 Å². The molecule has 0 heterocycles. The standard InChI is InChI=1S/C24H31FO5/c1-13-9-18-16-11-20(25)19-10-15(28)5-7-22(19,3)17(16)6-8-23(18,4)24(13,21(29)12-26)30-14(2)27/h6,10,13,16,18,20,26H,5,7-9,11-12H2,1-4H3/t13-,16?,18?,20+,22?,23?,24+/m1/s1. The van der Waals surface area contributed by atoms with Crippen molar-refractivity contribution in [3.8, 4) is 0 Å². The molecule has 164 valence electrons. The molecule has 0 aromatic rings. The molecular weight excluding hydrogens is 387 g/mol. The third-order valence-corrected chi connectivity index (χ3v) is 8.72. The van der Waals surface area contributed by atoms with E-state index in [1.54, 1.807) is 0 Å². The third-order valence-electron chi connectivity index (χ3n) is 8.72. The first-order chi connectivity index (χ1) is 14.0. The monoisotopic (exact) mass is 418 g/mol. The fraction of sp³-hybridized carbons (Fsp3) is 0.708. The Morgan fingerprint density at radius 1 is 1.27 bits per heavy atom. The molecule has 7 atom stereocenters. The van der Waals surface area contributed by atoms with E-state index in [9.17, 15) is 19.5 Å². The van der Waals surface area contributed by atoms with Gasteiger partial charge in [-0.1, -0.05) is 32.4 Å². The molecule has 0 saturated heterocycles. The molecule has 4 aliphatic carbocycles. The van der Waals surface area contributed by atoms with Crippen LogP contribution in [0.5, 0.6) is 0 Å². The van der Waals surface area contributed by atoms with Gasteiger partial charge in [0, 0.05) is 30.1 Å². The summed E-state index contributed by atoms with van der Waals surface area (Å²) in [7, 11) is 0. The average molecular weight is 419 g/mol. The molecule has 1 N–H and O–H groups in total. The number of carbonyl (C=O) groups excluding carboxylic acids is 3. The van der Waals surface area contributed by atoms with E-state index < -0.39 is 41.0 Å². The molecule has 4 aliphatic rings. The van der Waals surface area contributed by atoms with Crippen molar-refractivity contribution in [1.82, 2.24) is 0 Å². The fourth-order valence-electron chi connectivity index (χ4n) is 7.40. The Kier molecular flexibility index (Phi) is 4.88. The number of aliphatic hydroxyl groups is 1. The second kappa shape index (κ2) is 6.84. The number of esters is 1. The van der Waals surface area contributed by atoms with E-state index in [0.29, 0.717) is 31.3 Å². The first-order valence-electron chi connectivity index (χ1n) is 10.9. The summed E-state index contributed by atoms with van der Waals surface area (Å²) in [5, 5.41) is 9.73. The molecule has 4 rings (SSSR count). The van der Waals surface area contributed by atoms with Gasteiger partial charge in [0.25, 0.3) is 0 Å². The van der Waals surface area contributed by atoms with Crippen LogP contribution in [-0.4, -0.2) is 41.0 Å². The van der Waals surface area contributed by atoms with E-state index in [4.69, 9.17) is 4.74 Å². The van der Waals surface area contributed by atoms with Gasteiger partial charge in [-0.2, -0.15) is 0 Å². The Labute approximate surface area is 176 Å². The van der Waals surface area contributed by atoms with Crippen LogP contribution >= 0.6 is 0 Å². The van der Waals surface area contributed by atoms with Crippen LogP contribution in [-0.2, 0) is 19.1 Å². The van der Waals surface area contributed by atoms with E-state index in [1.165, 1.54) is 18.6 Å². The van der Waals surface area contributed by atoms with Gasteiger partial charge in [0.05, 0.1) is 0 Å². The zero-order chi connectivity index (χ0) is 22.1. The molecule has 0 aromatic carbocycles. The van der Waals surface area contributed by atoms with Crippen LogP contribution in [0.25, 0.3) is 0 Å². The van der Waals surface area contributed by atoms with Crippen molar-refractivity contribution in [3.63, 3.8) is 0 Å². The van der Waals surface area contributed by atoms with Crippen LogP contribution < -0.4 is 0 Å². The minimum atomic E-state index is -1.41. The summed E-state index contributed by atoms with van der Waals surface area (Å²) in [6.07, 6.45) is 4.85. The maximum Gasteiger partial charge on any atom is 0.303 e. The number of rotatable bonds is 3. The van der Waals surface area contributed by atoms with E-state index in [2.05, 4.69) is 6.08 Å². The molecule has 6 heteroatoms. The Hall–Kier alpha value is -1.82. The SMILES string of the molecule is CC(=O)O[C@]1(C(=O)CO)[C@H](C)CC2C3C[C@H](F)C4=CC(=O)CCC4(C)C3=CCC21C. The normalized spacial score (nSPS) is 44.9. The second-order valence-electron chi connectivity index (χ2n) is 10.1. The average Bonchev–Trinajstić information content (AvgIpc) is 2.90. The molecular formula is C24H31FO5. The molecule has 5 nitrogen and oxygen atoms in total. The topological polar surface area (TPSA) is 80.7 Å². The lowest BCUT2D eigenvalue weighted by atomic mass is 9.50. The summed E-state index contributed by atoms with van der Waals surface area (Å²) in [5.41, 5.74) is -0.845. The number of carbonyl (C=O) groups is 3. The fourth-order valence-corrected chi connectivity index (χ4v) is 7.40. The van der Waals surface area contributed by atoms with E-state index in [0.717, 1.165) is 0 Å². The maximum atomic E-state index is 15.4. The van der Waals surface area contributed by atoms with Crippen LogP contribution in [0.2, 0.25) is 0 Å². The van der Waals surface area contributed by atoms with Crippen LogP contribution in [0.4, 0.5) is 4.39 Å². The number of fused-ring (bicyclic) bond motifs is 5. The van der Waals surface area contributed by atoms with Crippen LogP contribution in [0.15, 0.2) is 23.3 Å². The molecule has 0 radical (unpaired) electrons. The van der Waals surface area contributed by atoms with E-state index >= 15 is 4.39 Å². The zero-order valence-corrected chi connectivity index (χ0v) is 18.2. The van der Waals surface area contributed by atoms with Gasteiger partial charge >= 0.3 is 5.97 Å². The number of Topliss-reactive ketones (excluding diaryl/α,β-unsaturated/α-hetero) is 1. The lowest BCUT2D eigenvalue weighted by Gasteiger charge is -2.55. The van der Waals surface area contributed by atoms with E-state index in [-0.39, 0.29) is 30.0 Å². The minimum Gasteiger partial charge on any atom is -0.450 e. The predicted molar refractivity (Wildman–Crippen MR) is 108 cm³/mol. The molecule has 2 saturated carbocycles. The highest BCUT2D eigenvalue weighted by atomic mass is 19.1. The maximum absolute atomic E-state index is 15.4. The van der Waals surface area contributed by atoms with Crippen LogP contribution in [0, 0.1) is 28.6 Å².